The van der Waals surface area contributed by atoms with Crippen LogP contribution in [0.4, 0.5) is 21.5 Å². The van der Waals surface area contributed by atoms with Gasteiger partial charge in [-0.15, -0.1) is 0 Å². The molecule has 104 valence electrons. The number of fused-ring (bicyclic) bond motifs is 1. The molecule has 1 aliphatic heterocycles. The van der Waals surface area contributed by atoms with Crippen LogP contribution < -0.4 is 10.6 Å². The number of hydrogen-bond acceptors (Lipinski definition) is 2. The molecular weight excluding hydrogens is 275 g/mol. The Hall–Kier alpha value is -1.74. The van der Waals surface area contributed by atoms with Gasteiger partial charge < -0.3 is 10.6 Å². The third kappa shape index (κ3) is 2.34. The van der Waals surface area contributed by atoms with Gasteiger partial charge >= 0.3 is 0 Å². The van der Waals surface area contributed by atoms with Crippen molar-refractivity contribution in [1.29, 1.82) is 0 Å². The molecule has 2 nitrogen and oxygen atoms in total. The molecule has 0 saturated carbocycles. The molecule has 0 saturated heterocycles. The first-order valence-electron chi connectivity index (χ1n) is 6.77. The summed E-state index contributed by atoms with van der Waals surface area (Å²) in [6, 6.07) is 11.1. The van der Waals surface area contributed by atoms with Crippen LogP contribution in [-0.4, -0.2) is 6.54 Å². The van der Waals surface area contributed by atoms with Crippen molar-refractivity contribution in [2.75, 3.05) is 17.2 Å². The number of nitrogens with zero attached hydrogens (tertiary/aromatic N) is 1. The molecule has 2 aromatic carbocycles. The molecule has 0 atom stereocenters. The van der Waals surface area contributed by atoms with Crippen molar-refractivity contribution >= 4 is 28.7 Å². The van der Waals surface area contributed by atoms with Crippen LogP contribution in [0.25, 0.3) is 0 Å². The number of anilines is 3. The third-order valence-corrected chi connectivity index (χ3v) is 4.01. The molecule has 4 heteroatoms. The van der Waals surface area contributed by atoms with Gasteiger partial charge in [0.2, 0.25) is 0 Å². The first-order chi connectivity index (χ1) is 9.66. The van der Waals surface area contributed by atoms with Crippen LogP contribution in [0.1, 0.15) is 18.4 Å². The topological polar surface area (TPSA) is 29.3 Å². The van der Waals surface area contributed by atoms with E-state index in [-0.39, 0.29) is 5.02 Å². The summed E-state index contributed by atoms with van der Waals surface area (Å²) in [4.78, 5) is 2.09. The zero-order valence-electron chi connectivity index (χ0n) is 11.1. The zero-order chi connectivity index (χ0) is 14.1. The fourth-order valence-electron chi connectivity index (χ4n) is 2.73. The van der Waals surface area contributed by atoms with E-state index in [2.05, 4.69) is 17.0 Å². The lowest BCUT2D eigenvalue weighted by molar-refractivity contribution is 0.628. The average Bonchev–Trinajstić information content (AvgIpc) is 2.65. The Morgan fingerprint density at radius 3 is 2.75 bits per heavy atom. The summed E-state index contributed by atoms with van der Waals surface area (Å²) in [6.45, 7) is 0.836. The summed E-state index contributed by atoms with van der Waals surface area (Å²) in [6.07, 6.45) is 3.23. The third-order valence-electron chi connectivity index (χ3n) is 3.72. The van der Waals surface area contributed by atoms with Crippen LogP contribution >= 0.6 is 11.6 Å². The highest BCUT2D eigenvalue weighted by molar-refractivity contribution is 6.31. The van der Waals surface area contributed by atoms with E-state index in [1.807, 2.05) is 12.1 Å². The molecule has 1 heterocycles. The van der Waals surface area contributed by atoms with Crippen molar-refractivity contribution in [3.63, 3.8) is 0 Å². The molecule has 0 spiro atoms. The largest absolute Gasteiger partial charge is 0.397 e. The second-order valence-corrected chi connectivity index (χ2v) is 5.47. The highest BCUT2D eigenvalue weighted by atomic mass is 35.5. The van der Waals surface area contributed by atoms with E-state index in [9.17, 15) is 4.39 Å². The summed E-state index contributed by atoms with van der Waals surface area (Å²) in [5.74, 6) is -0.433. The lowest BCUT2D eigenvalue weighted by Gasteiger charge is -2.26. The van der Waals surface area contributed by atoms with Crippen LogP contribution in [0.15, 0.2) is 36.4 Å². The summed E-state index contributed by atoms with van der Waals surface area (Å²) in [7, 11) is 0. The van der Waals surface area contributed by atoms with E-state index in [0.717, 1.165) is 31.5 Å². The SMILES string of the molecule is Nc1cc(Cl)c(F)cc1N1CCCCc2ccccc21. The summed E-state index contributed by atoms with van der Waals surface area (Å²) >= 11 is 5.78. The van der Waals surface area contributed by atoms with E-state index in [1.54, 1.807) is 0 Å². The summed E-state index contributed by atoms with van der Waals surface area (Å²) in [5.41, 5.74) is 9.63. The second kappa shape index (κ2) is 5.33. The fraction of sp³-hybridized carbons (Fsp3) is 0.250. The van der Waals surface area contributed by atoms with Crippen molar-refractivity contribution in [3.05, 3.63) is 52.8 Å². The number of aryl methyl sites for hydroxylation is 1. The Bertz CT molecular complexity index is 642. The van der Waals surface area contributed by atoms with Gasteiger partial charge in [0.15, 0.2) is 0 Å². The minimum Gasteiger partial charge on any atom is -0.397 e. The van der Waals surface area contributed by atoms with E-state index < -0.39 is 5.82 Å². The van der Waals surface area contributed by atoms with Crippen molar-refractivity contribution in [2.45, 2.75) is 19.3 Å². The van der Waals surface area contributed by atoms with E-state index in [1.165, 1.54) is 17.7 Å². The van der Waals surface area contributed by atoms with Crippen LogP contribution in [0.3, 0.4) is 0 Å². The molecule has 3 rings (SSSR count). The van der Waals surface area contributed by atoms with Crippen molar-refractivity contribution < 1.29 is 4.39 Å². The maximum absolute atomic E-state index is 13.8. The highest BCUT2D eigenvalue weighted by Gasteiger charge is 2.19. The first-order valence-corrected chi connectivity index (χ1v) is 7.14. The molecule has 0 radical (unpaired) electrons. The number of halogens is 2. The van der Waals surface area contributed by atoms with Crippen LogP contribution in [-0.2, 0) is 6.42 Å². The van der Waals surface area contributed by atoms with E-state index >= 15 is 0 Å². The molecule has 1 aliphatic rings. The lowest BCUT2D eigenvalue weighted by Crippen LogP contribution is -2.19. The molecule has 0 fully saturated rings. The first kappa shape index (κ1) is 13.3. The maximum atomic E-state index is 13.8. The molecule has 20 heavy (non-hydrogen) atoms. The Kier molecular flexibility index (Phi) is 3.53. The van der Waals surface area contributed by atoms with Crippen LogP contribution in [0.2, 0.25) is 5.02 Å². The molecule has 0 bridgehead atoms. The van der Waals surface area contributed by atoms with Gasteiger partial charge in [-0.05, 0) is 37.0 Å². The van der Waals surface area contributed by atoms with Gasteiger partial charge in [0.05, 0.1) is 16.4 Å². The summed E-state index contributed by atoms with van der Waals surface area (Å²) in [5, 5.41) is 0.0642. The van der Waals surface area contributed by atoms with Gasteiger partial charge in [-0.1, -0.05) is 29.8 Å². The van der Waals surface area contributed by atoms with Gasteiger partial charge in [0.1, 0.15) is 5.82 Å². The number of nitrogens with two attached hydrogens (primary N) is 1. The van der Waals surface area contributed by atoms with Gasteiger partial charge in [-0.25, -0.2) is 4.39 Å². The monoisotopic (exact) mass is 290 g/mol. The molecule has 2 aromatic rings. The molecule has 0 aliphatic carbocycles. The Morgan fingerprint density at radius 1 is 1.10 bits per heavy atom. The molecular formula is C16H16ClFN2. The Labute approximate surface area is 123 Å². The highest BCUT2D eigenvalue weighted by Crippen LogP contribution is 2.37. The molecule has 0 amide bonds. The van der Waals surface area contributed by atoms with Gasteiger partial charge in [-0.3, -0.25) is 0 Å². The Balaban J connectivity index is 2.12. The normalized spacial score (nSPS) is 14.8. The smallest absolute Gasteiger partial charge is 0.144 e. The molecule has 2 N–H and O–H groups in total. The standard InChI is InChI=1S/C16H16ClFN2/c17-12-9-14(19)16(10-13(12)18)20-8-4-3-6-11-5-1-2-7-15(11)20/h1-2,5,7,9-10H,3-4,6,8,19H2. The van der Waals surface area contributed by atoms with Gasteiger partial charge in [-0.2, -0.15) is 0 Å². The minimum atomic E-state index is -0.433. The van der Waals surface area contributed by atoms with E-state index in [0.29, 0.717) is 11.4 Å². The Morgan fingerprint density at radius 2 is 1.90 bits per heavy atom. The fourth-order valence-corrected chi connectivity index (χ4v) is 2.90. The number of rotatable bonds is 1. The summed E-state index contributed by atoms with van der Waals surface area (Å²) < 4.78 is 13.8. The minimum absolute atomic E-state index is 0.0642. The second-order valence-electron chi connectivity index (χ2n) is 5.06. The van der Waals surface area contributed by atoms with E-state index in [4.69, 9.17) is 17.3 Å². The quantitative estimate of drug-likeness (QED) is 0.782. The van der Waals surface area contributed by atoms with Crippen molar-refractivity contribution in [3.8, 4) is 0 Å². The van der Waals surface area contributed by atoms with Crippen molar-refractivity contribution in [2.24, 2.45) is 0 Å². The predicted octanol–water partition coefficient (Wildman–Crippen LogP) is 4.54. The number of hydrogen-bond donors (Lipinski definition) is 1. The number of nitrogen functional groups attached to an aromatic ring is 1. The van der Waals surface area contributed by atoms with Gasteiger partial charge in [0.25, 0.3) is 0 Å². The predicted molar refractivity (Wildman–Crippen MR) is 82.2 cm³/mol. The maximum Gasteiger partial charge on any atom is 0.144 e. The van der Waals surface area contributed by atoms with Crippen LogP contribution in [0, 0.1) is 5.82 Å². The lowest BCUT2D eigenvalue weighted by atomic mass is 10.1. The number of benzene rings is 2. The van der Waals surface area contributed by atoms with Gasteiger partial charge in [0, 0.05) is 18.3 Å². The average molecular weight is 291 g/mol. The molecule has 0 aromatic heterocycles. The van der Waals surface area contributed by atoms with Crippen molar-refractivity contribution in [1.82, 2.24) is 0 Å². The molecule has 0 unspecified atom stereocenters. The number of para-hydroxylation sites is 1. The van der Waals surface area contributed by atoms with Crippen LogP contribution in [0.5, 0.6) is 0 Å². The zero-order valence-corrected chi connectivity index (χ0v) is 11.8.